The van der Waals surface area contributed by atoms with Crippen LogP contribution in [0.3, 0.4) is 0 Å². The van der Waals surface area contributed by atoms with Gasteiger partial charge in [-0.1, -0.05) is 12.1 Å². The molecule has 2 aliphatic rings. The molecule has 2 aromatic rings. The lowest BCUT2D eigenvalue weighted by Crippen LogP contribution is -2.03. The number of benzene rings is 1. The number of rotatable bonds is 3. The zero-order valence-electron chi connectivity index (χ0n) is 13.2. The predicted molar refractivity (Wildman–Crippen MR) is 84.9 cm³/mol. The standard InChI is InChI=1S/C18H11F4N3O/c19-13-4-2-1-3-12(13)17-23-14-7-8-25(10-15(14)24-17)9-11-5-6-16(26-11)18(20,21)22/h1-8,10H,9H2. The maximum absolute atomic E-state index is 13.9. The summed E-state index contributed by atoms with van der Waals surface area (Å²) in [6.45, 7) is 0.105. The van der Waals surface area contributed by atoms with Gasteiger partial charge in [-0.2, -0.15) is 13.2 Å². The van der Waals surface area contributed by atoms with Crippen LogP contribution in [0.25, 0.3) is 22.8 Å². The molecule has 0 saturated heterocycles. The number of imidazole rings is 1. The molecule has 0 amide bonds. The van der Waals surface area contributed by atoms with Gasteiger partial charge in [-0.3, -0.25) is 0 Å². The molecule has 26 heavy (non-hydrogen) atoms. The van der Waals surface area contributed by atoms with Crippen molar-refractivity contribution in [3.63, 3.8) is 0 Å². The van der Waals surface area contributed by atoms with E-state index in [2.05, 4.69) is 9.97 Å². The quantitative estimate of drug-likeness (QED) is 0.490. The summed E-state index contributed by atoms with van der Waals surface area (Å²) in [7, 11) is 0. The Labute approximate surface area is 145 Å². The molecule has 1 aromatic carbocycles. The van der Waals surface area contributed by atoms with Crippen LogP contribution in [0.5, 0.6) is 0 Å². The zero-order valence-corrected chi connectivity index (χ0v) is 13.2. The number of hydrogen-bond acceptors (Lipinski definition) is 3. The number of alkyl halides is 3. The lowest BCUT2D eigenvalue weighted by atomic mass is 10.2. The van der Waals surface area contributed by atoms with E-state index in [1.54, 1.807) is 41.2 Å². The summed E-state index contributed by atoms with van der Waals surface area (Å²) in [5.74, 6) is -1.04. The van der Waals surface area contributed by atoms with Gasteiger partial charge in [0.2, 0.25) is 5.76 Å². The average molecular weight is 361 g/mol. The van der Waals surface area contributed by atoms with Crippen molar-refractivity contribution in [1.82, 2.24) is 14.5 Å². The second kappa shape index (κ2) is 5.98. The molecule has 0 N–H and O–H groups in total. The molecule has 0 atom stereocenters. The summed E-state index contributed by atoms with van der Waals surface area (Å²) in [6.07, 6.45) is -1.24. The fourth-order valence-electron chi connectivity index (χ4n) is 2.61. The first-order chi connectivity index (χ1) is 12.4. The average Bonchev–Trinajstić information content (AvgIpc) is 3.21. The molecule has 0 radical (unpaired) electrons. The van der Waals surface area contributed by atoms with Gasteiger partial charge in [0.25, 0.3) is 0 Å². The number of halogens is 4. The van der Waals surface area contributed by atoms with Crippen molar-refractivity contribution in [2.75, 3.05) is 0 Å². The van der Waals surface area contributed by atoms with Crippen LogP contribution >= 0.6 is 0 Å². The van der Waals surface area contributed by atoms with E-state index in [-0.39, 0.29) is 23.7 Å². The molecule has 132 valence electrons. The van der Waals surface area contributed by atoms with E-state index >= 15 is 0 Å². The third-order valence-corrected chi connectivity index (χ3v) is 3.82. The fourth-order valence-corrected chi connectivity index (χ4v) is 2.61. The van der Waals surface area contributed by atoms with Gasteiger partial charge in [0.1, 0.15) is 17.3 Å². The topological polar surface area (TPSA) is 43.9 Å². The van der Waals surface area contributed by atoms with Crippen LogP contribution in [0.4, 0.5) is 17.6 Å². The summed E-state index contributed by atoms with van der Waals surface area (Å²) in [4.78, 5) is 8.60. The highest BCUT2D eigenvalue weighted by atomic mass is 19.4. The largest absolute Gasteiger partial charge is 0.455 e. The fraction of sp³-hybridized carbons (Fsp3) is 0.111. The van der Waals surface area contributed by atoms with Gasteiger partial charge in [-0.25, -0.2) is 14.4 Å². The van der Waals surface area contributed by atoms with Crippen LogP contribution in [0.2, 0.25) is 0 Å². The van der Waals surface area contributed by atoms with E-state index in [0.717, 1.165) is 6.07 Å². The van der Waals surface area contributed by atoms with Crippen LogP contribution in [-0.4, -0.2) is 14.5 Å². The Kier molecular flexibility index (Phi) is 3.75. The Morgan fingerprint density at radius 2 is 1.73 bits per heavy atom. The molecule has 8 heteroatoms. The molecule has 2 aliphatic heterocycles. The minimum absolute atomic E-state index is 0.105. The van der Waals surface area contributed by atoms with Gasteiger partial charge in [0.15, 0.2) is 5.82 Å². The van der Waals surface area contributed by atoms with Crippen molar-refractivity contribution in [3.05, 3.63) is 72.2 Å². The van der Waals surface area contributed by atoms with Crippen LogP contribution in [0.1, 0.15) is 11.5 Å². The second-order valence-corrected chi connectivity index (χ2v) is 5.68. The lowest BCUT2D eigenvalue weighted by molar-refractivity contribution is -0.153. The number of fused-ring (bicyclic) bond motifs is 1. The van der Waals surface area contributed by atoms with Crippen molar-refractivity contribution in [1.29, 1.82) is 0 Å². The van der Waals surface area contributed by atoms with Gasteiger partial charge in [-0.05, 0) is 30.3 Å². The number of aromatic nitrogens is 3. The molecule has 0 unspecified atom stereocenters. The van der Waals surface area contributed by atoms with E-state index in [4.69, 9.17) is 4.42 Å². The third kappa shape index (κ3) is 3.05. The van der Waals surface area contributed by atoms with E-state index in [0.29, 0.717) is 11.4 Å². The summed E-state index contributed by atoms with van der Waals surface area (Å²) < 4.78 is 58.1. The van der Waals surface area contributed by atoms with Gasteiger partial charge in [0.05, 0.1) is 17.8 Å². The van der Waals surface area contributed by atoms with Gasteiger partial charge in [-0.15, -0.1) is 0 Å². The molecule has 1 aromatic heterocycles. The van der Waals surface area contributed by atoms with Gasteiger partial charge in [0, 0.05) is 12.4 Å². The molecule has 4 rings (SSSR count). The minimum Gasteiger partial charge on any atom is -0.455 e. The first-order valence-electron chi connectivity index (χ1n) is 7.64. The molecular weight excluding hydrogens is 350 g/mol. The lowest BCUT2D eigenvalue weighted by Gasteiger charge is -2.06. The van der Waals surface area contributed by atoms with E-state index in [9.17, 15) is 17.6 Å². The zero-order chi connectivity index (χ0) is 18.3. The van der Waals surface area contributed by atoms with Crippen molar-refractivity contribution < 1.29 is 22.0 Å². The van der Waals surface area contributed by atoms with Crippen LogP contribution in [0, 0.1) is 5.82 Å². The molecule has 0 fully saturated rings. The molecule has 4 nitrogen and oxygen atoms in total. The predicted octanol–water partition coefficient (Wildman–Crippen LogP) is 4.85. The van der Waals surface area contributed by atoms with Crippen LogP contribution in [0.15, 0.2) is 59.3 Å². The molecule has 0 aliphatic carbocycles. The Morgan fingerprint density at radius 3 is 2.46 bits per heavy atom. The first kappa shape index (κ1) is 16.3. The summed E-state index contributed by atoms with van der Waals surface area (Å²) >= 11 is 0. The first-order valence-corrected chi connectivity index (χ1v) is 7.64. The van der Waals surface area contributed by atoms with Gasteiger partial charge >= 0.3 is 6.18 Å². The van der Waals surface area contributed by atoms with Crippen LogP contribution < -0.4 is 0 Å². The Bertz CT molecular complexity index is 1030. The number of hydrogen-bond donors (Lipinski definition) is 0. The highest BCUT2D eigenvalue weighted by Crippen LogP contribution is 2.31. The number of furan rings is 1. The maximum Gasteiger partial charge on any atom is 0.449 e. The van der Waals surface area contributed by atoms with Crippen molar-refractivity contribution >= 4 is 0 Å². The Morgan fingerprint density at radius 1 is 0.962 bits per heavy atom. The van der Waals surface area contributed by atoms with Gasteiger partial charge < -0.3 is 8.98 Å². The monoisotopic (exact) mass is 361 g/mol. The summed E-state index contributed by atoms with van der Waals surface area (Å²) in [6, 6.07) is 10.0. The molecule has 0 spiro atoms. The molecule has 0 saturated carbocycles. The second-order valence-electron chi connectivity index (χ2n) is 5.68. The van der Waals surface area contributed by atoms with Crippen molar-refractivity contribution in [3.8, 4) is 22.8 Å². The van der Waals surface area contributed by atoms with Crippen molar-refractivity contribution in [2.45, 2.75) is 12.7 Å². The number of pyridine rings is 1. The highest BCUT2D eigenvalue weighted by Gasteiger charge is 2.34. The van der Waals surface area contributed by atoms with E-state index < -0.39 is 17.8 Å². The van der Waals surface area contributed by atoms with E-state index in [1.807, 2.05) is 0 Å². The minimum atomic E-state index is -4.52. The molecule has 0 bridgehead atoms. The summed E-state index contributed by atoms with van der Waals surface area (Å²) in [5, 5.41) is 0. The SMILES string of the molecule is Fc1ccccc1-c1nc2ccn(Cc3ccc(C(F)(F)F)o3)cc-2n1. The number of nitrogens with zero attached hydrogens (tertiary/aromatic N) is 3. The Hall–Kier alpha value is -3.16. The third-order valence-electron chi connectivity index (χ3n) is 3.82. The van der Waals surface area contributed by atoms with Crippen molar-refractivity contribution in [2.24, 2.45) is 0 Å². The van der Waals surface area contributed by atoms with Crippen LogP contribution in [-0.2, 0) is 12.7 Å². The molecular formula is C18H11F4N3O. The highest BCUT2D eigenvalue weighted by molar-refractivity contribution is 5.65. The molecule has 3 heterocycles. The summed E-state index contributed by atoms with van der Waals surface area (Å²) in [5.41, 5.74) is 1.36. The maximum atomic E-state index is 13.9. The Balaban J connectivity index is 1.63. The van der Waals surface area contributed by atoms with E-state index in [1.165, 1.54) is 12.1 Å². The normalized spacial score (nSPS) is 12.0. The smallest absolute Gasteiger partial charge is 0.449 e.